The Hall–Kier alpha value is -2.25. The summed E-state index contributed by atoms with van der Waals surface area (Å²) in [6.45, 7) is 1.85. The first-order chi connectivity index (χ1) is 11.7. The van der Waals surface area contributed by atoms with Gasteiger partial charge in [-0.05, 0) is 30.5 Å². The van der Waals surface area contributed by atoms with E-state index in [0.29, 0.717) is 12.8 Å². The first-order valence-electron chi connectivity index (χ1n) is 7.35. The van der Waals surface area contributed by atoms with E-state index in [1.165, 1.54) is 0 Å². The summed E-state index contributed by atoms with van der Waals surface area (Å²) >= 11 is 0. The minimum Gasteiger partial charge on any atom is -0.429 e. The number of aryl methyl sites for hydroxylation is 1. The normalized spacial score (nSPS) is 11.7. The summed E-state index contributed by atoms with van der Waals surface area (Å²) < 4.78 is 99.0. The minimum atomic E-state index is -4.56. The van der Waals surface area contributed by atoms with Crippen molar-refractivity contribution in [3.63, 3.8) is 0 Å². The van der Waals surface area contributed by atoms with Crippen LogP contribution in [0, 0.1) is 29.1 Å². The van der Waals surface area contributed by atoms with Gasteiger partial charge < -0.3 is 4.74 Å². The molecule has 0 unspecified atom stereocenters. The van der Waals surface area contributed by atoms with Crippen LogP contribution in [0.3, 0.4) is 0 Å². The maximum Gasteiger partial charge on any atom is 0.432 e. The Morgan fingerprint density at radius 3 is 1.84 bits per heavy atom. The fourth-order valence-corrected chi connectivity index (χ4v) is 2.22. The van der Waals surface area contributed by atoms with E-state index < -0.39 is 46.5 Å². The molecule has 0 heterocycles. The highest BCUT2D eigenvalue weighted by Gasteiger charge is 2.41. The van der Waals surface area contributed by atoms with Gasteiger partial charge in [0.25, 0.3) is 0 Å². The zero-order valence-corrected chi connectivity index (χ0v) is 13.0. The van der Waals surface area contributed by atoms with Crippen molar-refractivity contribution in [1.82, 2.24) is 0 Å². The molecule has 0 saturated carbocycles. The average molecular weight is 366 g/mol. The van der Waals surface area contributed by atoms with Gasteiger partial charge in [-0.15, -0.1) is 0 Å². The van der Waals surface area contributed by atoms with E-state index in [9.17, 15) is 30.7 Å². The molecule has 0 radical (unpaired) electrons. The smallest absolute Gasteiger partial charge is 0.429 e. The standard InChI is InChI=1S/C17H13F7O/c1-2-3-4-9-5-11(18)15(12(19)6-9)17(23,24)25-10-7-13(20)16(22)14(21)8-10/h5-8H,2-4H2,1H3. The lowest BCUT2D eigenvalue weighted by atomic mass is 10.0. The lowest BCUT2D eigenvalue weighted by molar-refractivity contribution is -0.189. The van der Waals surface area contributed by atoms with Crippen LogP contribution in [0.25, 0.3) is 0 Å². The quantitative estimate of drug-likeness (QED) is 0.460. The zero-order valence-electron chi connectivity index (χ0n) is 13.0. The van der Waals surface area contributed by atoms with Crippen LogP contribution in [-0.2, 0) is 12.5 Å². The Morgan fingerprint density at radius 2 is 1.36 bits per heavy atom. The molecule has 8 heteroatoms. The fourth-order valence-electron chi connectivity index (χ4n) is 2.22. The molecule has 2 aromatic rings. The second-order valence-electron chi connectivity index (χ2n) is 5.36. The van der Waals surface area contributed by atoms with Gasteiger partial charge in [-0.1, -0.05) is 13.3 Å². The number of rotatable bonds is 6. The van der Waals surface area contributed by atoms with Crippen molar-refractivity contribution in [2.45, 2.75) is 32.3 Å². The molecule has 0 atom stereocenters. The number of hydrogen-bond donors (Lipinski definition) is 0. The summed E-state index contributed by atoms with van der Waals surface area (Å²) in [5.41, 5.74) is -1.51. The highest BCUT2D eigenvalue weighted by atomic mass is 19.3. The molecule has 25 heavy (non-hydrogen) atoms. The van der Waals surface area contributed by atoms with Gasteiger partial charge in [0.2, 0.25) is 0 Å². The lowest BCUT2D eigenvalue weighted by Crippen LogP contribution is -2.25. The largest absolute Gasteiger partial charge is 0.432 e. The Morgan fingerprint density at radius 1 is 0.840 bits per heavy atom. The average Bonchev–Trinajstić information content (AvgIpc) is 2.49. The lowest BCUT2D eigenvalue weighted by Gasteiger charge is -2.20. The zero-order chi connectivity index (χ0) is 18.8. The first-order valence-corrected chi connectivity index (χ1v) is 7.35. The van der Waals surface area contributed by atoms with Crippen molar-refractivity contribution in [2.75, 3.05) is 0 Å². The highest BCUT2D eigenvalue weighted by molar-refractivity contribution is 5.31. The maximum atomic E-state index is 14.1. The van der Waals surface area contributed by atoms with E-state index in [-0.39, 0.29) is 17.7 Å². The van der Waals surface area contributed by atoms with Crippen LogP contribution in [-0.4, -0.2) is 0 Å². The summed E-state index contributed by atoms with van der Waals surface area (Å²) in [6, 6.07) is 1.80. The molecular formula is C17H13F7O. The molecule has 2 rings (SSSR count). The minimum absolute atomic E-state index is 0.151. The van der Waals surface area contributed by atoms with Crippen LogP contribution >= 0.6 is 0 Å². The number of halogens is 7. The summed E-state index contributed by atoms with van der Waals surface area (Å²) in [5.74, 6) is -9.66. The molecule has 0 bridgehead atoms. The fraction of sp³-hybridized carbons (Fsp3) is 0.294. The van der Waals surface area contributed by atoms with Gasteiger partial charge in [0.05, 0.1) is 0 Å². The SMILES string of the molecule is CCCCc1cc(F)c(C(F)(F)Oc2cc(F)c(F)c(F)c2)c(F)c1. The third-order valence-electron chi connectivity index (χ3n) is 3.42. The number of alkyl halides is 2. The molecule has 0 aliphatic rings. The maximum absolute atomic E-state index is 14.1. The van der Waals surface area contributed by atoms with Crippen LogP contribution in [0.2, 0.25) is 0 Å². The van der Waals surface area contributed by atoms with Crippen LogP contribution in [0.5, 0.6) is 5.75 Å². The number of ether oxygens (including phenoxy) is 1. The molecule has 0 aliphatic heterocycles. The van der Waals surface area contributed by atoms with Crippen LogP contribution < -0.4 is 4.74 Å². The summed E-state index contributed by atoms with van der Waals surface area (Å²) in [5, 5.41) is 0. The molecular weight excluding hydrogens is 353 g/mol. The van der Waals surface area contributed by atoms with E-state index in [4.69, 9.17) is 0 Å². The van der Waals surface area contributed by atoms with E-state index in [1.54, 1.807) is 0 Å². The van der Waals surface area contributed by atoms with E-state index in [0.717, 1.165) is 18.6 Å². The van der Waals surface area contributed by atoms with Crippen LogP contribution in [0.15, 0.2) is 24.3 Å². The topological polar surface area (TPSA) is 9.23 Å². The van der Waals surface area contributed by atoms with Crippen LogP contribution in [0.4, 0.5) is 30.7 Å². The predicted octanol–water partition coefficient (Wildman–Crippen LogP) is 5.85. The highest BCUT2D eigenvalue weighted by Crippen LogP contribution is 2.36. The Kier molecular flexibility index (Phi) is 5.59. The van der Waals surface area contributed by atoms with Gasteiger partial charge in [0.1, 0.15) is 22.9 Å². The molecule has 0 amide bonds. The third-order valence-corrected chi connectivity index (χ3v) is 3.42. The second kappa shape index (κ2) is 7.33. The van der Waals surface area contributed by atoms with Gasteiger partial charge in [-0.3, -0.25) is 0 Å². The third kappa shape index (κ3) is 4.24. The van der Waals surface area contributed by atoms with Gasteiger partial charge >= 0.3 is 6.11 Å². The molecule has 0 aliphatic carbocycles. The van der Waals surface area contributed by atoms with Crippen molar-refractivity contribution < 1.29 is 35.5 Å². The first kappa shape index (κ1) is 19.1. The van der Waals surface area contributed by atoms with Crippen LogP contribution in [0.1, 0.15) is 30.9 Å². The molecule has 0 fully saturated rings. The number of benzene rings is 2. The predicted molar refractivity (Wildman–Crippen MR) is 75.8 cm³/mol. The van der Waals surface area contributed by atoms with Gasteiger partial charge in [-0.25, -0.2) is 22.0 Å². The van der Waals surface area contributed by atoms with Crippen molar-refractivity contribution in [3.8, 4) is 5.75 Å². The number of unbranched alkanes of at least 4 members (excludes halogenated alkanes) is 1. The van der Waals surface area contributed by atoms with Crippen molar-refractivity contribution >= 4 is 0 Å². The molecule has 0 saturated heterocycles. The Labute approximate surface area is 139 Å². The Bertz CT molecular complexity index is 728. The summed E-state index contributed by atoms with van der Waals surface area (Å²) in [7, 11) is 0. The number of hydrogen-bond acceptors (Lipinski definition) is 1. The Balaban J connectivity index is 2.36. The van der Waals surface area contributed by atoms with Gasteiger partial charge in [0.15, 0.2) is 17.5 Å². The summed E-state index contributed by atoms with van der Waals surface area (Å²) in [4.78, 5) is 0. The van der Waals surface area contributed by atoms with Crippen molar-refractivity contribution in [2.24, 2.45) is 0 Å². The van der Waals surface area contributed by atoms with Gasteiger partial charge in [0, 0.05) is 12.1 Å². The van der Waals surface area contributed by atoms with E-state index in [2.05, 4.69) is 4.74 Å². The molecule has 0 N–H and O–H groups in total. The van der Waals surface area contributed by atoms with Crippen molar-refractivity contribution in [3.05, 3.63) is 64.5 Å². The monoisotopic (exact) mass is 366 g/mol. The van der Waals surface area contributed by atoms with Gasteiger partial charge in [-0.2, -0.15) is 8.78 Å². The van der Waals surface area contributed by atoms with E-state index in [1.807, 2.05) is 6.92 Å². The van der Waals surface area contributed by atoms with E-state index >= 15 is 0 Å². The molecule has 0 aromatic heterocycles. The van der Waals surface area contributed by atoms with Crippen molar-refractivity contribution in [1.29, 1.82) is 0 Å². The molecule has 2 aromatic carbocycles. The summed E-state index contributed by atoms with van der Waals surface area (Å²) in [6.07, 6.45) is -2.91. The molecule has 0 spiro atoms. The second-order valence-corrected chi connectivity index (χ2v) is 5.36. The molecule has 1 nitrogen and oxygen atoms in total. The molecule has 136 valence electrons.